The molecule has 1 unspecified atom stereocenters. The van der Waals surface area contributed by atoms with Crippen molar-refractivity contribution in [2.24, 2.45) is 0 Å². The standard InChI is InChI=1S/C11H11N/c1-9-5-4-7-10-6-2-3-8-11(10)12-9/h2-3,5-9,12H,1H3. The van der Waals surface area contributed by atoms with E-state index in [0.29, 0.717) is 6.04 Å². The number of fused-ring (bicyclic) bond motifs is 1. The van der Waals surface area contributed by atoms with Crippen molar-refractivity contribution in [1.29, 1.82) is 0 Å². The van der Waals surface area contributed by atoms with E-state index < -0.39 is 0 Å². The molecule has 60 valence electrons. The van der Waals surface area contributed by atoms with Crippen LogP contribution in [0.4, 0.5) is 5.69 Å². The second-order valence-electron chi connectivity index (χ2n) is 3.00. The molecule has 2 rings (SSSR count). The predicted molar refractivity (Wildman–Crippen MR) is 52.1 cm³/mol. The summed E-state index contributed by atoms with van der Waals surface area (Å²) in [6.45, 7) is 2.11. The van der Waals surface area contributed by atoms with Crippen LogP contribution in [-0.4, -0.2) is 6.04 Å². The third kappa shape index (κ3) is 1.27. The normalized spacial score (nSPS) is 19.6. The van der Waals surface area contributed by atoms with Gasteiger partial charge in [-0.3, -0.25) is 0 Å². The number of rotatable bonds is 0. The number of hydrogen-bond acceptors (Lipinski definition) is 1. The fraction of sp³-hybridized carbons (Fsp3) is 0.182. The maximum absolute atomic E-state index is 3.37. The van der Waals surface area contributed by atoms with Crippen molar-refractivity contribution >= 4 is 11.8 Å². The summed E-state index contributed by atoms with van der Waals surface area (Å²) in [7, 11) is 0. The van der Waals surface area contributed by atoms with Crippen molar-refractivity contribution < 1.29 is 0 Å². The second-order valence-corrected chi connectivity index (χ2v) is 3.00. The molecule has 1 atom stereocenters. The lowest BCUT2D eigenvalue weighted by atomic mass is 10.2. The lowest BCUT2D eigenvalue weighted by Crippen LogP contribution is -2.10. The van der Waals surface area contributed by atoms with Crippen LogP contribution in [0.2, 0.25) is 0 Å². The van der Waals surface area contributed by atoms with Crippen molar-refractivity contribution in [3.05, 3.63) is 41.6 Å². The van der Waals surface area contributed by atoms with Gasteiger partial charge >= 0.3 is 0 Å². The van der Waals surface area contributed by atoms with Crippen LogP contribution in [-0.2, 0) is 0 Å². The van der Waals surface area contributed by atoms with Crippen LogP contribution in [0, 0.1) is 0 Å². The van der Waals surface area contributed by atoms with Gasteiger partial charge in [-0.1, -0.05) is 18.2 Å². The second kappa shape index (κ2) is 2.88. The van der Waals surface area contributed by atoms with Gasteiger partial charge in [0.25, 0.3) is 0 Å². The largest absolute Gasteiger partial charge is 0.378 e. The van der Waals surface area contributed by atoms with Gasteiger partial charge in [-0.2, -0.15) is 0 Å². The first-order valence-electron chi connectivity index (χ1n) is 4.14. The molecule has 1 aliphatic heterocycles. The monoisotopic (exact) mass is 157 g/mol. The average Bonchev–Trinajstić information content (AvgIpc) is 2.25. The van der Waals surface area contributed by atoms with Gasteiger partial charge in [-0.05, 0) is 25.1 Å². The van der Waals surface area contributed by atoms with Gasteiger partial charge in [-0.15, -0.1) is 5.73 Å². The Kier molecular flexibility index (Phi) is 1.73. The van der Waals surface area contributed by atoms with Crippen LogP contribution in [0.1, 0.15) is 12.5 Å². The quantitative estimate of drug-likeness (QED) is 0.571. The molecule has 0 fully saturated rings. The van der Waals surface area contributed by atoms with E-state index in [-0.39, 0.29) is 0 Å². The Morgan fingerprint density at radius 3 is 3.08 bits per heavy atom. The summed E-state index contributed by atoms with van der Waals surface area (Å²) in [5.41, 5.74) is 5.53. The van der Waals surface area contributed by atoms with Gasteiger partial charge in [0, 0.05) is 17.3 Å². The Morgan fingerprint density at radius 2 is 2.17 bits per heavy atom. The van der Waals surface area contributed by atoms with Crippen LogP contribution in [0.15, 0.2) is 36.1 Å². The summed E-state index contributed by atoms with van der Waals surface area (Å²) in [4.78, 5) is 0. The van der Waals surface area contributed by atoms with E-state index in [9.17, 15) is 0 Å². The number of para-hydroxylation sites is 1. The van der Waals surface area contributed by atoms with E-state index in [1.54, 1.807) is 0 Å². The van der Waals surface area contributed by atoms with E-state index >= 15 is 0 Å². The Labute approximate surface area is 72.4 Å². The SMILES string of the molecule is CC1C=C=Cc2ccccc2N1. The molecule has 1 aromatic rings. The first kappa shape index (κ1) is 7.20. The van der Waals surface area contributed by atoms with Crippen molar-refractivity contribution in [1.82, 2.24) is 0 Å². The first-order valence-corrected chi connectivity index (χ1v) is 4.14. The first-order chi connectivity index (χ1) is 5.86. The smallest absolute Gasteiger partial charge is 0.0490 e. The molecule has 0 amide bonds. The highest BCUT2D eigenvalue weighted by Crippen LogP contribution is 2.19. The number of hydrogen-bond donors (Lipinski definition) is 1. The lowest BCUT2D eigenvalue weighted by Gasteiger charge is -2.10. The van der Waals surface area contributed by atoms with Crippen LogP contribution < -0.4 is 5.32 Å². The molecule has 0 bridgehead atoms. The van der Waals surface area contributed by atoms with E-state index in [1.807, 2.05) is 24.3 Å². The maximum atomic E-state index is 3.37. The highest BCUT2D eigenvalue weighted by atomic mass is 14.9. The molecule has 1 heteroatoms. The number of benzene rings is 1. The zero-order valence-corrected chi connectivity index (χ0v) is 7.04. The van der Waals surface area contributed by atoms with Crippen LogP contribution >= 0.6 is 0 Å². The summed E-state index contributed by atoms with van der Waals surface area (Å²) in [5, 5.41) is 3.37. The lowest BCUT2D eigenvalue weighted by molar-refractivity contribution is 1.00. The van der Waals surface area contributed by atoms with Crippen LogP contribution in [0.3, 0.4) is 0 Å². The molecule has 1 aliphatic rings. The Hall–Kier alpha value is -1.46. The van der Waals surface area contributed by atoms with Crippen LogP contribution in [0.25, 0.3) is 6.08 Å². The topological polar surface area (TPSA) is 12.0 Å². The summed E-state index contributed by atoms with van der Waals surface area (Å²) in [6.07, 6.45) is 4.03. The fourth-order valence-corrected chi connectivity index (χ4v) is 1.32. The van der Waals surface area contributed by atoms with Gasteiger partial charge in [0.05, 0.1) is 0 Å². The highest BCUT2D eigenvalue weighted by Gasteiger charge is 2.02. The van der Waals surface area contributed by atoms with Gasteiger partial charge in [0.2, 0.25) is 0 Å². The van der Waals surface area contributed by atoms with Crippen molar-refractivity contribution in [2.75, 3.05) is 5.32 Å². The maximum Gasteiger partial charge on any atom is 0.0490 e. The van der Waals surface area contributed by atoms with Crippen molar-refractivity contribution in [3.8, 4) is 0 Å². The molecular weight excluding hydrogens is 146 g/mol. The summed E-state index contributed by atoms with van der Waals surface area (Å²) >= 11 is 0. The molecule has 0 radical (unpaired) electrons. The average molecular weight is 157 g/mol. The molecule has 1 heterocycles. The Balaban J connectivity index is 2.51. The molecule has 0 saturated heterocycles. The molecule has 1 N–H and O–H groups in total. The molecule has 0 aliphatic carbocycles. The van der Waals surface area contributed by atoms with Crippen molar-refractivity contribution in [2.45, 2.75) is 13.0 Å². The van der Waals surface area contributed by atoms with E-state index in [2.05, 4.69) is 30.1 Å². The Morgan fingerprint density at radius 1 is 1.33 bits per heavy atom. The van der Waals surface area contributed by atoms with E-state index in [4.69, 9.17) is 0 Å². The van der Waals surface area contributed by atoms with E-state index in [0.717, 1.165) is 0 Å². The zero-order chi connectivity index (χ0) is 8.39. The Bertz CT molecular complexity index is 346. The molecule has 12 heavy (non-hydrogen) atoms. The molecule has 0 aromatic heterocycles. The van der Waals surface area contributed by atoms with Gasteiger partial charge in [0.1, 0.15) is 0 Å². The van der Waals surface area contributed by atoms with Crippen molar-refractivity contribution in [3.63, 3.8) is 0 Å². The zero-order valence-electron chi connectivity index (χ0n) is 7.04. The van der Waals surface area contributed by atoms with Gasteiger partial charge in [-0.25, -0.2) is 0 Å². The molecule has 0 saturated carbocycles. The minimum absolute atomic E-state index is 0.366. The van der Waals surface area contributed by atoms with Crippen LogP contribution in [0.5, 0.6) is 0 Å². The van der Waals surface area contributed by atoms with Gasteiger partial charge < -0.3 is 5.32 Å². The van der Waals surface area contributed by atoms with Gasteiger partial charge in [0.15, 0.2) is 0 Å². The molecule has 1 aromatic carbocycles. The minimum Gasteiger partial charge on any atom is -0.378 e. The number of nitrogens with one attached hydrogen (secondary N) is 1. The van der Waals surface area contributed by atoms with E-state index in [1.165, 1.54) is 11.3 Å². The number of anilines is 1. The molecular formula is C11H11N. The highest BCUT2D eigenvalue weighted by molar-refractivity contribution is 5.67. The summed E-state index contributed by atoms with van der Waals surface area (Å²) in [5.74, 6) is 0. The third-order valence-corrected chi connectivity index (χ3v) is 1.93. The molecule has 0 spiro atoms. The summed E-state index contributed by atoms with van der Waals surface area (Å²) in [6, 6.07) is 8.61. The summed E-state index contributed by atoms with van der Waals surface area (Å²) < 4.78 is 0. The molecule has 1 nitrogen and oxygen atoms in total. The minimum atomic E-state index is 0.366. The predicted octanol–water partition coefficient (Wildman–Crippen LogP) is 2.67. The third-order valence-electron chi connectivity index (χ3n) is 1.93. The fourth-order valence-electron chi connectivity index (χ4n) is 1.32.